The fraction of sp³-hybridized carbons (Fsp3) is 0.267. The highest BCUT2D eigenvalue weighted by Gasteiger charge is 2.17. The van der Waals surface area contributed by atoms with Gasteiger partial charge in [0.05, 0.1) is 12.9 Å². The van der Waals surface area contributed by atoms with E-state index in [4.69, 9.17) is 16.3 Å². The largest absolute Gasteiger partial charge is 0.392 e. The Balaban J connectivity index is 1.83. The van der Waals surface area contributed by atoms with E-state index < -0.39 is 0 Å². The molecule has 0 aliphatic heterocycles. The number of fused-ring (bicyclic) bond motifs is 1. The van der Waals surface area contributed by atoms with Crippen molar-refractivity contribution in [3.63, 3.8) is 0 Å². The minimum absolute atomic E-state index is 0.0116. The zero-order valence-electron chi connectivity index (χ0n) is 12.4. The van der Waals surface area contributed by atoms with Crippen LogP contribution in [0.5, 0.6) is 0 Å². The van der Waals surface area contributed by atoms with Crippen molar-refractivity contribution in [1.29, 1.82) is 0 Å². The van der Waals surface area contributed by atoms with E-state index in [1.807, 2.05) is 28.8 Å². The van der Waals surface area contributed by atoms with Crippen LogP contribution in [0.15, 0.2) is 41.8 Å². The average Bonchev–Trinajstić information content (AvgIpc) is 3.01. The Morgan fingerprint density at radius 1 is 1.30 bits per heavy atom. The number of hydrogen-bond acceptors (Lipinski definition) is 6. The minimum Gasteiger partial charge on any atom is -0.392 e. The number of nitrogens with zero attached hydrogens (tertiary/aromatic N) is 4. The molecule has 0 saturated heterocycles. The van der Waals surface area contributed by atoms with Gasteiger partial charge in [0, 0.05) is 17.8 Å². The van der Waals surface area contributed by atoms with Crippen molar-refractivity contribution in [2.24, 2.45) is 0 Å². The molecule has 0 aliphatic carbocycles. The summed E-state index contributed by atoms with van der Waals surface area (Å²) in [5.41, 5.74) is 2.08. The predicted octanol–water partition coefficient (Wildman–Crippen LogP) is 2.91. The SMILES string of the molecule is COC(CSc1ccccc1CO)n1cnc2c(Cl)ncnc21. The van der Waals surface area contributed by atoms with Gasteiger partial charge in [-0.2, -0.15) is 0 Å². The number of hydrogen-bond donors (Lipinski definition) is 1. The maximum absolute atomic E-state index is 9.41. The highest BCUT2D eigenvalue weighted by atomic mass is 35.5. The van der Waals surface area contributed by atoms with Crippen LogP contribution in [0.2, 0.25) is 5.15 Å². The number of imidazole rings is 1. The zero-order valence-corrected chi connectivity index (χ0v) is 14.0. The van der Waals surface area contributed by atoms with Crippen molar-refractivity contribution in [1.82, 2.24) is 19.5 Å². The molecule has 0 saturated carbocycles. The quantitative estimate of drug-likeness (QED) is 0.544. The van der Waals surface area contributed by atoms with E-state index in [2.05, 4.69) is 15.0 Å². The third kappa shape index (κ3) is 3.32. The summed E-state index contributed by atoms with van der Waals surface area (Å²) in [6, 6.07) is 7.74. The molecule has 1 aromatic carbocycles. The van der Waals surface area contributed by atoms with Crippen molar-refractivity contribution < 1.29 is 9.84 Å². The van der Waals surface area contributed by atoms with Crippen molar-refractivity contribution >= 4 is 34.5 Å². The van der Waals surface area contributed by atoms with Crippen LogP contribution < -0.4 is 0 Å². The van der Waals surface area contributed by atoms with Gasteiger partial charge in [-0.25, -0.2) is 15.0 Å². The van der Waals surface area contributed by atoms with Crippen LogP contribution in [0, 0.1) is 0 Å². The second-order valence-corrected chi connectivity index (χ2v) is 6.18. The third-order valence-corrected chi connectivity index (χ3v) is 4.86. The van der Waals surface area contributed by atoms with Crippen LogP contribution in [0.25, 0.3) is 11.2 Å². The molecule has 1 N–H and O–H groups in total. The van der Waals surface area contributed by atoms with E-state index in [-0.39, 0.29) is 12.8 Å². The zero-order chi connectivity index (χ0) is 16.2. The van der Waals surface area contributed by atoms with Crippen LogP contribution >= 0.6 is 23.4 Å². The number of aliphatic hydroxyl groups is 1. The fourth-order valence-electron chi connectivity index (χ4n) is 2.23. The van der Waals surface area contributed by atoms with Crippen LogP contribution in [0.1, 0.15) is 11.8 Å². The molecule has 1 unspecified atom stereocenters. The summed E-state index contributed by atoms with van der Waals surface area (Å²) in [7, 11) is 1.64. The molecule has 6 nitrogen and oxygen atoms in total. The van der Waals surface area contributed by atoms with E-state index in [0.717, 1.165) is 10.5 Å². The van der Waals surface area contributed by atoms with Gasteiger partial charge in [-0.05, 0) is 11.6 Å². The molecule has 0 aliphatic rings. The number of rotatable bonds is 6. The molecule has 0 spiro atoms. The maximum Gasteiger partial charge on any atom is 0.166 e. The minimum atomic E-state index is -0.261. The molecule has 3 aromatic rings. The van der Waals surface area contributed by atoms with E-state index in [1.54, 1.807) is 25.2 Å². The van der Waals surface area contributed by atoms with Gasteiger partial charge in [-0.1, -0.05) is 29.8 Å². The second kappa shape index (κ2) is 7.27. The van der Waals surface area contributed by atoms with E-state index >= 15 is 0 Å². The Morgan fingerprint density at radius 2 is 2.13 bits per heavy atom. The van der Waals surface area contributed by atoms with Crippen molar-refractivity contribution in [3.8, 4) is 0 Å². The number of halogens is 1. The molecule has 0 bridgehead atoms. The number of benzene rings is 1. The molecule has 1 atom stereocenters. The maximum atomic E-state index is 9.41. The lowest BCUT2D eigenvalue weighted by atomic mass is 10.2. The van der Waals surface area contributed by atoms with Crippen LogP contribution in [-0.4, -0.2) is 37.5 Å². The Morgan fingerprint density at radius 3 is 2.91 bits per heavy atom. The average molecular weight is 351 g/mol. The smallest absolute Gasteiger partial charge is 0.166 e. The van der Waals surface area contributed by atoms with E-state index in [9.17, 15) is 5.11 Å². The van der Waals surface area contributed by atoms with Crippen LogP contribution in [0.4, 0.5) is 0 Å². The molecule has 2 heterocycles. The van der Waals surface area contributed by atoms with Crippen LogP contribution in [-0.2, 0) is 11.3 Å². The van der Waals surface area contributed by atoms with E-state index in [1.165, 1.54) is 6.33 Å². The van der Waals surface area contributed by atoms with Gasteiger partial charge >= 0.3 is 0 Å². The van der Waals surface area contributed by atoms with Gasteiger partial charge < -0.3 is 9.84 Å². The first kappa shape index (κ1) is 16.2. The summed E-state index contributed by atoms with van der Waals surface area (Å²) in [6.07, 6.45) is 2.80. The number of ether oxygens (including phenoxy) is 1. The van der Waals surface area contributed by atoms with Gasteiger partial charge in [0.15, 0.2) is 10.8 Å². The Hall–Kier alpha value is -1.67. The predicted molar refractivity (Wildman–Crippen MR) is 89.5 cm³/mol. The lowest BCUT2D eigenvalue weighted by molar-refractivity contribution is 0.0674. The second-order valence-electron chi connectivity index (χ2n) is 4.76. The Labute approximate surface area is 142 Å². The lowest BCUT2D eigenvalue weighted by Gasteiger charge is -2.17. The van der Waals surface area contributed by atoms with Crippen LogP contribution in [0.3, 0.4) is 0 Å². The van der Waals surface area contributed by atoms with Gasteiger partial charge in [0.1, 0.15) is 18.1 Å². The van der Waals surface area contributed by atoms with Crippen molar-refractivity contribution in [2.45, 2.75) is 17.7 Å². The molecular weight excluding hydrogens is 336 g/mol. The monoisotopic (exact) mass is 350 g/mol. The summed E-state index contributed by atoms with van der Waals surface area (Å²) in [4.78, 5) is 13.4. The highest BCUT2D eigenvalue weighted by Crippen LogP contribution is 2.28. The highest BCUT2D eigenvalue weighted by molar-refractivity contribution is 7.99. The third-order valence-electron chi connectivity index (χ3n) is 3.42. The van der Waals surface area contributed by atoms with E-state index in [0.29, 0.717) is 22.1 Å². The summed E-state index contributed by atoms with van der Waals surface area (Å²) in [5, 5.41) is 9.73. The topological polar surface area (TPSA) is 73.1 Å². The molecule has 0 fully saturated rings. The summed E-state index contributed by atoms with van der Waals surface area (Å²) < 4.78 is 7.40. The molecule has 0 radical (unpaired) electrons. The Bertz CT molecular complexity index is 811. The van der Waals surface area contributed by atoms with Gasteiger partial charge in [-0.3, -0.25) is 4.57 Å². The summed E-state index contributed by atoms with van der Waals surface area (Å²) >= 11 is 7.64. The number of thioether (sulfide) groups is 1. The normalized spacial score (nSPS) is 12.7. The van der Waals surface area contributed by atoms with Crippen molar-refractivity contribution in [2.75, 3.05) is 12.9 Å². The molecule has 8 heteroatoms. The first-order valence-electron chi connectivity index (χ1n) is 6.92. The first-order chi connectivity index (χ1) is 11.2. The van der Waals surface area contributed by atoms with Gasteiger partial charge in [-0.15, -0.1) is 11.8 Å². The Kier molecular flexibility index (Phi) is 5.12. The molecular formula is C15H15ClN4O2S. The molecule has 0 amide bonds. The molecule has 2 aromatic heterocycles. The van der Waals surface area contributed by atoms with Gasteiger partial charge in [0.25, 0.3) is 0 Å². The van der Waals surface area contributed by atoms with Crippen molar-refractivity contribution in [3.05, 3.63) is 47.6 Å². The first-order valence-corrected chi connectivity index (χ1v) is 8.28. The summed E-state index contributed by atoms with van der Waals surface area (Å²) in [6.45, 7) is 0.0116. The molecule has 23 heavy (non-hydrogen) atoms. The molecule has 3 rings (SSSR count). The number of aromatic nitrogens is 4. The fourth-order valence-corrected chi connectivity index (χ4v) is 3.52. The summed E-state index contributed by atoms with van der Waals surface area (Å²) in [5.74, 6) is 0.639. The molecule has 120 valence electrons. The lowest BCUT2D eigenvalue weighted by Crippen LogP contribution is -2.13. The number of methoxy groups -OCH3 is 1. The standard InChI is InChI=1S/C15H15ClN4O2S/c1-22-12(7-23-11-5-3-2-4-10(11)6-21)20-9-19-13-14(16)17-8-18-15(13)20/h2-5,8-9,12,21H,6-7H2,1H3. The number of aliphatic hydroxyl groups excluding tert-OH is 1. The van der Waals surface area contributed by atoms with Gasteiger partial charge in [0.2, 0.25) is 0 Å².